The molecule has 0 aromatic carbocycles. The Bertz CT molecular complexity index is 589. The average molecular weight is 371 g/mol. The second-order valence-corrected chi connectivity index (χ2v) is 9.57. The van der Waals surface area contributed by atoms with Gasteiger partial charge in [-0.25, -0.2) is 8.42 Å². The van der Waals surface area contributed by atoms with E-state index in [1.807, 2.05) is 0 Å². The normalized spacial score (nSPS) is 24.4. The third-order valence-corrected chi connectivity index (χ3v) is 7.39. The van der Waals surface area contributed by atoms with Crippen LogP contribution >= 0.6 is 34.5 Å². The minimum absolute atomic E-state index is 0.131. The van der Waals surface area contributed by atoms with E-state index in [0.29, 0.717) is 23.5 Å². The number of piperidine rings is 1. The molecule has 0 saturated carbocycles. The first-order chi connectivity index (χ1) is 9.86. The zero-order chi connectivity index (χ0) is 15.6. The molecule has 1 fully saturated rings. The molecule has 1 aromatic rings. The standard InChI is InChI=1S/C13H20Cl2N2O2S2/c1-3-5-16-10-4-6-17(8-9(10)2)21(18,19)11-7-12(14)20-13(11)15/h7,9-10,16H,3-6,8H2,1-2H3. The number of halogens is 2. The molecule has 21 heavy (non-hydrogen) atoms. The fourth-order valence-corrected chi connectivity index (χ4v) is 6.27. The van der Waals surface area contributed by atoms with Gasteiger partial charge < -0.3 is 5.32 Å². The zero-order valence-corrected chi connectivity index (χ0v) is 15.2. The molecular formula is C13H20Cl2N2O2S2. The summed E-state index contributed by atoms with van der Waals surface area (Å²) in [7, 11) is -3.55. The van der Waals surface area contributed by atoms with E-state index >= 15 is 0 Å². The van der Waals surface area contributed by atoms with Gasteiger partial charge in [-0.3, -0.25) is 0 Å². The number of rotatable bonds is 5. The van der Waals surface area contributed by atoms with Gasteiger partial charge in [-0.05, 0) is 31.4 Å². The van der Waals surface area contributed by atoms with E-state index in [1.54, 1.807) is 0 Å². The first kappa shape index (κ1) is 17.5. The smallest absolute Gasteiger partial charge is 0.245 e. The molecule has 2 heterocycles. The Morgan fingerprint density at radius 3 is 2.71 bits per heavy atom. The second-order valence-electron chi connectivity index (χ2n) is 5.38. The van der Waals surface area contributed by atoms with Crippen LogP contribution in [0.5, 0.6) is 0 Å². The topological polar surface area (TPSA) is 49.4 Å². The third-order valence-electron chi connectivity index (χ3n) is 3.77. The summed E-state index contributed by atoms with van der Waals surface area (Å²) < 4.78 is 27.5. The molecule has 1 N–H and O–H groups in total. The van der Waals surface area contributed by atoms with Crippen molar-refractivity contribution in [1.82, 2.24) is 9.62 Å². The first-order valence-corrected chi connectivity index (χ1v) is 10.1. The van der Waals surface area contributed by atoms with Crippen LogP contribution < -0.4 is 5.32 Å². The second kappa shape index (κ2) is 7.15. The molecule has 120 valence electrons. The van der Waals surface area contributed by atoms with E-state index in [-0.39, 0.29) is 15.1 Å². The number of sulfonamides is 1. The van der Waals surface area contributed by atoms with Crippen LogP contribution in [-0.2, 0) is 10.0 Å². The first-order valence-electron chi connectivity index (χ1n) is 7.04. The number of hydrogen-bond acceptors (Lipinski definition) is 4. The lowest BCUT2D eigenvalue weighted by Gasteiger charge is -2.36. The predicted octanol–water partition coefficient (Wildman–Crippen LogP) is 3.45. The molecule has 1 aliphatic heterocycles. The largest absolute Gasteiger partial charge is 0.314 e. The van der Waals surface area contributed by atoms with Crippen molar-refractivity contribution in [3.05, 3.63) is 14.7 Å². The van der Waals surface area contributed by atoms with Gasteiger partial charge in [0.05, 0.1) is 4.34 Å². The Balaban J connectivity index is 2.11. The van der Waals surface area contributed by atoms with Crippen molar-refractivity contribution in [3.8, 4) is 0 Å². The molecular weight excluding hydrogens is 351 g/mol. The number of nitrogens with zero attached hydrogens (tertiary/aromatic N) is 1. The molecule has 0 aliphatic carbocycles. The Labute approximate surface area is 140 Å². The summed E-state index contributed by atoms with van der Waals surface area (Å²) in [5, 5.41) is 3.48. The molecule has 1 aromatic heterocycles. The van der Waals surface area contributed by atoms with Gasteiger partial charge >= 0.3 is 0 Å². The number of nitrogens with one attached hydrogen (secondary N) is 1. The summed E-state index contributed by atoms with van der Waals surface area (Å²) in [6.07, 6.45) is 1.89. The number of hydrogen-bond donors (Lipinski definition) is 1. The summed E-state index contributed by atoms with van der Waals surface area (Å²) in [5.74, 6) is 0.271. The summed E-state index contributed by atoms with van der Waals surface area (Å²) in [6, 6.07) is 1.81. The predicted molar refractivity (Wildman–Crippen MR) is 89.0 cm³/mol. The van der Waals surface area contributed by atoms with Crippen LogP contribution in [0.25, 0.3) is 0 Å². The van der Waals surface area contributed by atoms with Gasteiger partial charge in [0.2, 0.25) is 10.0 Å². The fourth-order valence-electron chi connectivity index (χ4n) is 2.60. The van der Waals surface area contributed by atoms with Gasteiger partial charge in [-0.1, -0.05) is 37.0 Å². The minimum atomic E-state index is -3.55. The van der Waals surface area contributed by atoms with Crippen molar-refractivity contribution in [3.63, 3.8) is 0 Å². The maximum atomic E-state index is 12.7. The Morgan fingerprint density at radius 1 is 1.48 bits per heavy atom. The molecule has 2 unspecified atom stereocenters. The molecule has 2 rings (SSSR count). The van der Waals surface area contributed by atoms with Crippen LogP contribution in [0, 0.1) is 5.92 Å². The van der Waals surface area contributed by atoms with E-state index in [1.165, 1.54) is 10.4 Å². The molecule has 8 heteroatoms. The highest BCUT2D eigenvalue weighted by molar-refractivity contribution is 7.89. The van der Waals surface area contributed by atoms with Gasteiger partial charge in [0.25, 0.3) is 0 Å². The third kappa shape index (κ3) is 3.92. The SMILES string of the molecule is CCCNC1CCN(S(=O)(=O)c2cc(Cl)sc2Cl)CC1C. The van der Waals surface area contributed by atoms with Gasteiger partial charge in [0, 0.05) is 19.1 Å². The highest BCUT2D eigenvalue weighted by atomic mass is 35.5. The molecule has 0 bridgehead atoms. The van der Waals surface area contributed by atoms with Gasteiger partial charge in [-0.15, -0.1) is 11.3 Å². The van der Waals surface area contributed by atoms with Gasteiger partial charge in [0.15, 0.2) is 0 Å². The molecule has 0 amide bonds. The molecule has 2 atom stereocenters. The van der Waals surface area contributed by atoms with Crippen LogP contribution in [0.2, 0.25) is 8.67 Å². The van der Waals surface area contributed by atoms with Crippen LogP contribution in [0.3, 0.4) is 0 Å². The van der Waals surface area contributed by atoms with Crippen LogP contribution in [0.15, 0.2) is 11.0 Å². The molecule has 1 saturated heterocycles. The quantitative estimate of drug-likeness (QED) is 0.863. The molecule has 4 nitrogen and oxygen atoms in total. The highest BCUT2D eigenvalue weighted by Crippen LogP contribution is 2.36. The fraction of sp³-hybridized carbons (Fsp3) is 0.692. The van der Waals surface area contributed by atoms with Crippen molar-refractivity contribution in [2.24, 2.45) is 5.92 Å². The monoisotopic (exact) mass is 370 g/mol. The van der Waals surface area contributed by atoms with E-state index in [4.69, 9.17) is 23.2 Å². The van der Waals surface area contributed by atoms with E-state index in [0.717, 1.165) is 30.7 Å². The molecule has 0 spiro atoms. The lowest BCUT2D eigenvalue weighted by Crippen LogP contribution is -2.50. The highest BCUT2D eigenvalue weighted by Gasteiger charge is 2.35. The van der Waals surface area contributed by atoms with Crippen LogP contribution in [0.1, 0.15) is 26.7 Å². The summed E-state index contributed by atoms with van der Waals surface area (Å²) in [5.41, 5.74) is 0. The van der Waals surface area contributed by atoms with E-state index in [9.17, 15) is 8.42 Å². The lowest BCUT2D eigenvalue weighted by molar-refractivity contribution is 0.220. The molecule has 1 aliphatic rings. The van der Waals surface area contributed by atoms with Crippen molar-refractivity contribution in [2.45, 2.75) is 37.6 Å². The summed E-state index contributed by atoms with van der Waals surface area (Å²) >= 11 is 12.9. The Kier molecular flexibility index (Phi) is 5.96. The maximum absolute atomic E-state index is 12.7. The maximum Gasteiger partial charge on any atom is 0.245 e. The van der Waals surface area contributed by atoms with Crippen molar-refractivity contribution in [2.75, 3.05) is 19.6 Å². The zero-order valence-electron chi connectivity index (χ0n) is 12.1. The van der Waals surface area contributed by atoms with Crippen molar-refractivity contribution >= 4 is 44.6 Å². The van der Waals surface area contributed by atoms with Crippen molar-refractivity contribution < 1.29 is 8.42 Å². The molecule has 0 radical (unpaired) electrons. The minimum Gasteiger partial charge on any atom is -0.314 e. The summed E-state index contributed by atoms with van der Waals surface area (Å²) in [4.78, 5) is 0.131. The van der Waals surface area contributed by atoms with Crippen LogP contribution in [-0.4, -0.2) is 38.4 Å². The van der Waals surface area contributed by atoms with E-state index < -0.39 is 10.0 Å². The Morgan fingerprint density at radius 2 is 2.19 bits per heavy atom. The average Bonchev–Trinajstić information content (AvgIpc) is 2.77. The Hall–Kier alpha value is 0.150. The lowest BCUT2D eigenvalue weighted by atomic mass is 9.95. The summed E-state index contributed by atoms with van der Waals surface area (Å²) in [6.45, 7) is 6.19. The van der Waals surface area contributed by atoms with Gasteiger partial charge in [0.1, 0.15) is 9.23 Å². The van der Waals surface area contributed by atoms with Crippen molar-refractivity contribution in [1.29, 1.82) is 0 Å². The van der Waals surface area contributed by atoms with Gasteiger partial charge in [-0.2, -0.15) is 4.31 Å². The number of thiophene rings is 1. The van der Waals surface area contributed by atoms with Crippen LogP contribution in [0.4, 0.5) is 0 Å². The van der Waals surface area contributed by atoms with E-state index in [2.05, 4.69) is 19.2 Å².